The molecule has 0 saturated carbocycles. The summed E-state index contributed by atoms with van der Waals surface area (Å²) in [6.07, 6.45) is 2.98. The van der Waals surface area contributed by atoms with E-state index in [2.05, 4.69) is 16.0 Å². The highest BCUT2D eigenvalue weighted by Crippen LogP contribution is 2.25. The molecule has 0 aliphatic carbocycles. The predicted octanol–water partition coefficient (Wildman–Crippen LogP) is 3.59. The summed E-state index contributed by atoms with van der Waals surface area (Å²) in [5.41, 5.74) is 2.16. The van der Waals surface area contributed by atoms with Crippen LogP contribution in [-0.2, 0) is 0 Å². The summed E-state index contributed by atoms with van der Waals surface area (Å²) < 4.78 is 11.0. The summed E-state index contributed by atoms with van der Waals surface area (Å²) in [6.45, 7) is 3.98. The zero-order valence-corrected chi connectivity index (χ0v) is 11.8. The third kappa shape index (κ3) is 3.58. The molecule has 0 aliphatic rings. The molecule has 1 aromatic heterocycles. The lowest BCUT2D eigenvalue weighted by molar-refractivity contribution is 0.224. The van der Waals surface area contributed by atoms with Crippen LogP contribution in [-0.4, -0.2) is 17.1 Å². The van der Waals surface area contributed by atoms with E-state index >= 15 is 0 Å². The van der Waals surface area contributed by atoms with Crippen LogP contribution in [0.15, 0.2) is 30.6 Å². The van der Waals surface area contributed by atoms with Crippen molar-refractivity contribution < 1.29 is 9.47 Å². The average molecular weight is 279 g/mol. The third-order valence-electron chi connectivity index (χ3n) is 2.69. The van der Waals surface area contributed by atoms with E-state index in [4.69, 9.17) is 21.1 Å². The van der Waals surface area contributed by atoms with Gasteiger partial charge in [0.25, 0.3) is 0 Å². The minimum atomic E-state index is -0.126. The highest BCUT2D eigenvalue weighted by atomic mass is 35.5. The van der Waals surface area contributed by atoms with Crippen molar-refractivity contribution in [3.05, 3.63) is 47.0 Å². The zero-order chi connectivity index (χ0) is 13.8. The number of nitrogens with zero attached hydrogens (tertiary/aromatic N) is 2. The number of aryl methyl sites for hydroxylation is 1. The maximum absolute atomic E-state index is 5.77. The summed E-state index contributed by atoms with van der Waals surface area (Å²) in [5.74, 6) is 1.40. The Morgan fingerprint density at radius 3 is 2.42 bits per heavy atom. The minimum Gasteiger partial charge on any atom is -0.497 e. The van der Waals surface area contributed by atoms with E-state index in [9.17, 15) is 0 Å². The first-order chi connectivity index (χ1) is 9.08. The smallest absolute Gasteiger partial charge is 0.222 e. The SMILES string of the molecule is COc1cc(C)cc(C(C)Oc2cnc(Cl)nc2)c1. The molecule has 2 aromatic rings. The maximum Gasteiger partial charge on any atom is 0.222 e. The lowest BCUT2D eigenvalue weighted by atomic mass is 10.1. The van der Waals surface area contributed by atoms with Crippen LogP contribution in [0.2, 0.25) is 5.28 Å². The Kier molecular flexibility index (Phi) is 4.22. The van der Waals surface area contributed by atoms with E-state index in [1.165, 1.54) is 0 Å². The average Bonchev–Trinajstić information content (AvgIpc) is 2.40. The van der Waals surface area contributed by atoms with Gasteiger partial charge in [0.15, 0.2) is 5.75 Å². The van der Waals surface area contributed by atoms with Gasteiger partial charge in [0, 0.05) is 0 Å². The zero-order valence-electron chi connectivity index (χ0n) is 11.1. The molecule has 100 valence electrons. The number of aromatic nitrogens is 2. The van der Waals surface area contributed by atoms with E-state index in [1.807, 2.05) is 26.0 Å². The first-order valence-corrected chi connectivity index (χ1v) is 6.26. The van der Waals surface area contributed by atoms with Gasteiger partial charge in [-0.15, -0.1) is 0 Å². The van der Waals surface area contributed by atoms with Crippen molar-refractivity contribution in [3.63, 3.8) is 0 Å². The van der Waals surface area contributed by atoms with Crippen LogP contribution in [0.25, 0.3) is 0 Å². The van der Waals surface area contributed by atoms with Gasteiger partial charge >= 0.3 is 0 Å². The van der Waals surface area contributed by atoms with Crippen molar-refractivity contribution in [3.8, 4) is 11.5 Å². The van der Waals surface area contributed by atoms with Gasteiger partial charge in [0.05, 0.1) is 19.5 Å². The number of ether oxygens (including phenoxy) is 2. The normalized spacial score (nSPS) is 12.0. The van der Waals surface area contributed by atoms with Crippen molar-refractivity contribution in [2.45, 2.75) is 20.0 Å². The molecule has 0 bridgehead atoms. The molecule has 0 spiro atoms. The number of hydrogen-bond donors (Lipinski definition) is 0. The molecule has 0 radical (unpaired) electrons. The van der Waals surface area contributed by atoms with Gasteiger partial charge in [0.2, 0.25) is 5.28 Å². The van der Waals surface area contributed by atoms with Crippen LogP contribution < -0.4 is 9.47 Å². The van der Waals surface area contributed by atoms with Crippen LogP contribution in [0.1, 0.15) is 24.2 Å². The van der Waals surface area contributed by atoms with Gasteiger partial charge in [-0.3, -0.25) is 0 Å². The molecular formula is C14H15ClN2O2. The summed E-state index contributed by atoms with van der Waals surface area (Å²) in [4.78, 5) is 7.76. The molecule has 0 N–H and O–H groups in total. The fraction of sp³-hybridized carbons (Fsp3) is 0.286. The van der Waals surface area contributed by atoms with Crippen molar-refractivity contribution >= 4 is 11.6 Å². The predicted molar refractivity (Wildman–Crippen MR) is 73.8 cm³/mol. The van der Waals surface area contributed by atoms with Crippen LogP contribution in [0.4, 0.5) is 0 Å². The van der Waals surface area contributed by atoms with E-state index < -0.39 is 0 Å². The molecule has 19 heavy (non-hydrogen) atoms. The molecule has 2 rings (SSSR count). The number of methoxy groups -OCH3 is 1. The second-order valence-electron chi connectivity index (χ2n) is 4.23. The molecule has 0 aliphatic heterocycles. The molecule has 0 fully saturated rings. The Morgan fingerprint density at radius 2 is 1.79 bits per heavy atom. The Hall–Kier alpha value is -1.81. The molecule has 1 aromatic carbocycles. The monoisotopic (exact) mass is 278 g/mol. The lowest BCUT2D eigenvalue weighted by Crippen LogP contribution is -2.04. The molecule has 5 heteroatoms. The second-order valence-corrected chi connectivity index (χ2v) is 4.57. The van der Waals surface area contributed by atoms with E-state index in [0.29, 0.717) is 5.75 Å². The fourth-order valence-corrected chi connectivity index (χ4v) is 1.86. The van der Waals surface area contributed by atoms with Gasteiger partial charge in [-0.1, -0.05) is 6.07 Å². The van der Waals surface area contributed by atoms with E-state index in [0.717, 1.165) is 16.9 Å². The molecule has 1 atom stereocenters. The third-order valence-corrected chi connectivity index (χ3v) is 2.88. The maximum atomic E-state index is 5.77. The largest absolute Gasteiger partial charge is 0.497 e. The van der Waals surface area contributed by atoms with Crippen molar-refractivity contribution in [1.29, 1.82) is 0 Å². The summed E-state index contributed by atoms with van der Waals surface area (Å²) in [5, 5.41) is 0.206. The number of halogens is 1. The highest BCUT2D eigenvalue weighted by Gasteiger charge is 2.10. The number of benzene rings is 1. The van der Waals surface area contributed by atoms with Crippen LogP contribution in [0.3, 0.4) is 0 Å². The van der Waals surface area contributed by atoms with Gasteiger partial charge in [-0.2, -0.15) is 0 Å². The Balaban J connectivity index is 2.17. The minimum absolute atomic E-state index is 0.126. The van der Waals surface area contributed by atoms with Crippen LogP contribution >= 0.6 is 11.6 Å². The van der Waals surface area contributed by atoms with Gasteiger partial charge in [0.1, 0.15) is 11.9 Å². The fourth-order valence-electron chi connectivity index (χ4n) is 1.76. The quantitative estimate of drug-likeness (QED) is 0.802. The Bertz CT molecular complexity index is 558. The number of rotatable bonds is 4. The van der Waals surface area contributed by atoms with E-state index in [1.54, 1.807) is 19.5 Å². The van der Waals surface area contributed by atoms with Crippen molar-refractivity contribution in [2.24, 2.45) is 0 Å². The molecular weight excluding hydrogens is 264 g/mol. The van der Waals surface area contributed by atoms with Crippen LogP contribution in [0, 0.1) is 6.92 Å². The standard InChI is InChI=1S/C14H15ClN2O2/c1-9-4-11(6-12(5-9)18-3)10(2)19-13-7-16-14(15)17-8-13/h4-8,10H,1-3H3. The second kappa shape index (κ2) is 5.89. The summed E-state index contributed by atoms with van der Waals surface area (Å²) in [7, 11) is 1.65. The van der Waals surface area contributed by atoms with Crippen molar-refractivity contribution in [2.75, 3.05) is 7.11 Å². The lowest BCUT2D eigenvalue weighted by Gasteiger charge is -2.16. The summed E-state index contributed by atoms with van der Waals surface area (Å²) >= 11 is 5.63. The van der Waals surface area contributed by atoms with Gasteiger partial charge in [-0.05, 0) is 48.7 Å². The molecule has 1 heterocycles. The number of hydrogen-bond acceptors (Lipinski definition) is 4. The molecule has 0 saturated heterocycles. The molecule has 0 amide bonds. The highest BCUT2D eigenvalue weighted by molar-refractivity contribution is 6.28. The van der Waals surface area contributed by atoms with Gasteiger partial charge in [-0.25, -0.2) is 9.97 Å². The van der Waals surface area contributed by atoms with Crippen LogP contribution in [0.5, 0.6) is 11.5 Å². The summed E-state index contributed by atoms with van der Waals surface area (Å²) in [6, 6.07) is 5.99. The topological polar surface area (TPSA) is 44.2 Å². The Morgan fingerprint density at radius 1 is 1.11 bits per heavy atom. The molecule has 1 unspecified atom stereocenters. The van der Waals surface area contributed by atoms with E-state index in [-0.39, 0.29) is 11.4 Å². The first kappa shape index (κ1) is 13.6. The van der Waals surface area contributed by atoms with Gasteiger partial charge < -0.3 is 9.47 Å². The first-order valence-electron chi connectivity index (χ1n) is 5.88. The molecule has 4 nitrogen and oxygen atoms in total. The van der Waals surface area contributed by atoms with Crippen molar-refractivity contribution in [1.82, 2.24) is 9.97 Å². The Labute approximate surface area is 117 Å².